The Balaban J connectivity index is 2.66. The van der Waals surface area contributed by atoms with E-state index in [2.05, 4.69) is 5.32 Å². The number of carbonyl (C=O) groups is 1. The van der Waals surface area contributed by atoms with Crippen LogP contribution in [0.15, 0.2) is 29.2 Å². The molecule has 0 atom stereocenters. The third kappa shape index (κ3) is 4.59. The molecule has 0 fully saturated rings. The zero-order valence-electron chi connectivity index (χ0n) is 11.8. The summed E-state index contributed by atoms with van der Waals surface area (Å²) in [5.74, 6) is -0.0957. The highest BCUT2D eigenvalue weighted by atomic mass is 32.2. The standard InChI is InChI=1S/C13H21N3O3S/c1-16(2)20(18,19)12-8-6-11(7-9-12)15-13(17)5-3-4-10-14/h6-9H,3-5,10,14H2,1-2H3,(H,15,17). The molecule has 112 valence electrons. The fourth-order valence-electron chi connectivity index (χ4n) is 1.57. The van der Waals surface area contributed by atoms with Gasteiger partial charge in [0.15, 0.2) is 0 Å². The average Bonchev–Trinajstić information content (AvgIpc) is 2.39. The Morgan fingerprint density at radius 1 is 1.20 bits per heavy atom. The van der Waals surface area contributed by atoms with Crippen molar-refractivity contribution in [3.05, 3.63) is 24.3 Å². The summed E-state index contributed by atoms with van der Waals surface area (Å²) >= 11 is 0. The van der Waals surface area contributed by atoms with E-state index in [1.54, 1.807) is 12.1 Å². The summed E-state index contributed by atoms with van der Waals surface area (Å²) in [7, 11) is -0.484. The van der Waals surface area contributed by atoms with Gasteiger partial charge >= 0.3 is 0 Å². The molecule has 0 aromatic heterocycles. The van der Waals surface area contributed by atoms with E-state index >= 15 is 0 Å². The Morgan fingerprint density at radius 3 is 2.30 bits per heavy atom. The zero-order valence-corrected chi connectivity index (χ0v) is 12.6. The second-order valence-corrected chi connectivity index (χ2v) is 6.76. The quantitative estimate of drug-likeness (QED) is 0.735. The van der Waals surface area contributed by atoms with E-state index in [1.165, 1.54) is 26.2 Å². The van der Waals surface area contributed by atoms with Crippen LogP contribution in [0.1, 0.15) is 19.3 Å². The van der Waals surface area contributed by atoms with Crippen LogP contribution in [0.3, 0.4) is 0 Å². The van der Waals surface area contributed by atoms with Crippen molar-refractivity contribution in [2.75, 3.05) is 26.0 Å². The number of hydrogen-bond donors (Lipinski definition) is 2. The third-order valence-corrected chi connectivity index (χ3v) is 4.60. The number of benzene rings is 1. The van der Waals surface area contributed by atoms with Crippen molar-refractivity contribution in [2.24, 2.45) is 5.73 Å². The molecule has 6 nitrogen and oxygen atoms in total. The Bertz CT molecular complexity index is 538. The number of carbonyl (C=O) groups excluding carboxylic acids is 1. The van der Waals surface area contributed by atoms with Crippen LogP contribution in [0, 0.1) is 0 Å². The van der Waals surface area contributed by atoms with E-state index in [4.69, 9.17) is 5.73 Å². The summed E-state index contributed by atoms with van der Waals surface area (Å²) in [5, 5.41) is 2.72. The maximum atomic E-state index is 11.9. The maximum Gasteiger partial charge on any atom is 0.242 e. The molecule has 0 saturated heterocycles. The largest absolute Gasteiger partial charge is 0.330 e. The molecule has 0 aliphatic rings. The van der Waals surface area contributed by atoms with Crippen molar-refractivity contribution in [3.8, 4) is 0 Å². The molecule has 0 aliphatic heterocycles. The van der Waals surface area contributed by atoms with E-state index in [-0.39, 0.29) is 10.8 Å². The van der Waals surface area contributed by atoms with E-state index in [0.717, 1.165) is 17.1 Å². The second kappa shape index (κ2) is 7.37. The van der Waals surface area contributed by atoms with Gasteiger partial charge < -0.3 is 11.1 Å². The Kier molecular flexibility index (Phi) is 6.12. The number of rotatable bonds is 7. The van der Waals surface area contributed by atoms with Gasteiger partial charge in [0.1, 0.15) is 0 Å². The summed E-state index contributed by atoms with van der Waals surface area (Å²) in [4.78, 5) is 11.8. The molecule has 0 radical (unpaired) electrons. The van der Waals surface area contributed by atoms with Gasteiger partial charge in [0.25, 0.3) is 0 Å². The van der Waals surface area contributed by atoms with Gasteiger partial charge in [-0.3, -0.25) is 4.79 Å². The molecule has 1 rings (SSSR count). The number of nitrogens with one attached hydrogen (secondary N) is 1. The van der Waals surface area contributed by atoms with Crippen LogP contribution in [0.25, 0.3) is 0 Å². The first kappa shape index (κ1) is 16.6. The molecule has 0 spiro atoms. The molecule has 0 aliphatic carbocycles. The minimum atomic E-state index is -3.43. The normalized spacial score (nSPS) is 11.6. The van der Waals surface area contributed by atoms with Crippen LogP contribution < -0.4 is 11.1 Å². The molecule has 7 heteroatoms. The van der Waals surface area contributed by atoms with Crippen LogP contribution in [-0.2, 0) is 14.8 Å². The van der Waals surface area contributed by atoms with Crippen molar-refractivity contribution in [2.45, 2.75) is 24.2 Å². The van der Waals surface area contributed by atoms with Crippen LogP contribution in [0.5, 0.6) is 0 Å². The van der Waals surface area contributed by atoms with Crippen molar-refractivity contribution >= 4 is 21.6 Å². The van der Waals surface area contributed by atoms with Crippen LogP contribution >= 0.6 is 0 Å². The lowest BCUT2D eigenvalue weighted by Gasteiger charge is -2.12. The summed E-state index contributed by atoms with van der Waals surface area (Å²) in [6.45, 7) is 0.574. The van der Waals surface area contributed by atoms with Gasteiger partial charge in [-0.1, -0.05) is 0 Å². The first-order valence-electron chi connectivity index (χ1n) is 6.40. The predicted molar refractivity (Wildman–Crippen MR) is 78.8 cm³/mol. The van der Waals surface area contributed by atoms with Crippen LogP contribution in [-0.4, -0.2) is 39.3 Å². The smallest absolute Gasteiger partial charge is 0.242 e. The summed E-state index contributed by atoms with van der Waals surface area (Å²) < 4.78 is 24.9. The molecule has 0 unspecified atom stereocenters. The second-order valence-electron chi connectivity index (χ2n) is 4.61. The van der Waals surface area contributed by atoms with Gasteiger partial charge in [-0.2, -0.15) is 0 Å². The van der Waals surface area contributed by atoms with Gasteiger partial charge in [-0.25, -0.2) is 12.7 Å². The topological polar surface area (TPSA) is 92.5 Å². The Hall–Kier alpha value is -1.44. The number of nitrogens with two attached hydrogens (primary N) is 1. The average molecular weight is 299 g/mol. The lowest BCUT2D eigenvalue weighted by atomic mass is 10.2. The minimum Gasteiger partial charge on any atom is -0.330 e. The molecular formula is C13H21N3O3S. The van der Waals surface area contributed by atoms with Crippen LogP contribution in [0.4, 0.5) is 5.69 Å². The molecular weight excluding hydrogens is 278 g/mol. The van der Waals surface area contributed by atoms with E-state index < -0.39 is 10.0 Å². The highest BCUT2D eigenvalue weighted by Gasteiger charge is 2.16. The zero-order chi connectivity index (χ0) is 15.2. The molecule has 1 aromatic carbocycles. The Labute approximate surface area is 120 Å². The van der Waals surface area contributed by atoms with Crippen molar-refractivity contribution in [1.82, 2.24) is 4.31 Å². The molecule has 3 N–H and O–H groups in total. The maximum absolute atomic E-state index is 11.9. The summed E-state index contributed by atoms with van der Waals surface area (Å²) in [5.41, 5.74) is 5.94. The van der Waals surface area contributed by atoms with Gasteiger partial charge in [0.2, 0.25) is 15.9 Å². The molecule has 1 amide bonds. The Morgan fingerprint density at radius 2 is 1.80 bits per heavy atom. The fourth-order valence-corrected chi connectivity index (χ4v) is 2.48. The van der Waals surface area contributed by atoms with E-state index in [1.807, 2.05) is 0 Å². The predicted octanol–water partition coefficient (Wildman–Crippen LogP) is 1.00. The monoisotopic (exact) mass is 299 g/mol. The number of amides is 1. The van der Waals surface area contributed by atoms with Crippen molar-refractivity contribution in [1.29, 1.82) is 0 Å². The molecule has 20 heavy (non-hydrogen) atoms. The molecule has 0 saturated carbocycles. The van der Waals surface area contributed by atoms with Gasteiger partial charge in [-0.15, -0.1) is 0 Å². The minimum absolute atomic E-state index is 0.0957. The number of hydrogen-bond acceptors (Lipinski definition) is 4. The summed E-state index contributed by atoms with van der Waals surface area (Å²) in [6.07, 6.45) is 1.97. The highest BCUT2D eigenvalue weighted by Crippen LogP contribution is 2.16. The number of anilines is 1. The lowest BCUT2D eigenvalue weighted by Crippen LogP contribution is -2.22. The number of unbranched alkanes of at least 4 members (excludes halogenated alkanes) is 1. The molecule has 0 bridgehead atoms. The van der Waals surface area contributed by atoms with Gasteiger partial charge in [0.05, 0.1) is 4.90 Å². The van der Waals surface area contributed by atoms with Gasteiger partial charge in [0, 0.05) is 26.2 Å². The first-order valence-corrected chi connectivity index (χ1v) is 7.84. The van der Waals surface area contributed by atoms with Crippen molar-refractivity contribution in [3.63, 3.8) is 0 Å². The number of nitrogens with zero attached hydrogens (tertiary/aromatic N) is 1. The lowest BCUT2D eigenvalue weighted by molar-refractivity contribution is -0.116. The molecule has 1 aromatic rings. The highest BCUT2D eigenvalue weighted by molar-refractivity contribution is 7.89. The van der Waals surface area contributed by atoms with Crippen molar-refractivity contribution < 1.29 is 13.2 Å². The van der Waals surface area contributed by atoms with Gasteiger partial charge in [-0.05, 0) is 43.7 Å². The molecule has 0 heterocycles. The van der Waals surface area contributed by atoms with E-state index in [0.29, 0.717) is 18.7 Å². The number of sulfonamides is 1. The summed E-state index contributed by atoms with van der Waals surface area (Å²) in [6, 6.07) is 6.12. The first-order chi connectivity index (χ1) is 9.37. The van der Waals surface area contributed by atoms with E-state index in [9.17, 15) is 13.2 Å². The fraction of sp³-hybridized carbons (Fsp3) is 0.462. The SMILES string of the molecule is CN(C)S(=O)(=O)c1ccc(NC(=O)CCCCN)cc1. The van der Waals surface area contributed by atoms with Crippen LogP contribution in [0.2, 0.25) is 0 Å². The third-order valence-electron chi connectivity index (χ3n) is 2.77.